The summed E-state index contributed by atoms with van der Waals surface area (Å²) < 4.78 is 11.1. The van der Waals surface area contributed by atoms with E-state index in [0.29, 0.717) is 12.5 Å². The maximum Gasteiger partial charge on any atom is 0.239 e. The van der Waals surface area contributed by atoms with Gasteiger partial charge in [-0.05, 0) is 58.1 Å². The molecule has 180 valence electrons. The SMILES string of the molecule is Cc1nonc1CN(C)Cc1cccc(OC2CCN(C(=O)C3CCCCCN3C)CC2)c1. The summed E-state index contributed by atoms with van der Waals surface area (Å²) in [5.74, 6) is 1.20. The number of ether oxygens (including phenoxy) is 1. The molecule has 0 spiro atoms. The number of amides is 1. The van der Waals surface area contributed by atoms with Crippen molar-refractivity contribution in [3.8, 4) is 5.75 Å². The number of hydrogen-bond acceptors (Lipinski definition) is 7. The van der Waals surface area contributed by atoms with Gasteiger partial charge in [-0.25, -0.2) is 4.63 Å². The van der Waals surface area contributed by atoms with E-state index >= 15 is 0 Å². The summed E-state index contributed by atoms with van der Waals surface area (Å²) >= 11 is 0. The van der Waals surface area contributed by atoms with E-state index in [2.05, 4.69) is 51.2 Å². The Kier molecular flexibility index (Phi) is 7.98. The molecule has 0 aliphatic carbocycles. The number of likely N-dealkylation sites (tertiary alicyclic amines) is 2. The molecular formula is C25H37N5O3. The van der Waals surface area contributed by atoms with Crippen molar-refractivity contribution in [1.82, 2.24) is 25.0 Å². The number of benzene rings is 1. The van der Waals surface area contributed by atoms with Crippen LogP contribution in [0.1, 0.15) is 55.5 Å². The fraction of sp³-hybridized carbons (Fsp3) is 0.640. The third kappa shape index (κ3) is 6.32. The highest BCUT2D eigenvalue weighted by atomic mass is 16.6. The first-order valence-corrected chi connectivity index (χ1v) is 12.2. The first-order chi connectivity index (χ1) is 16.0. The van der Waals surface area contributed by atoms with E-state index in [1.807, 2.05) is 19.1 Å². The van der Waals surface area contributed by atoms with Crippen LogP contribution in [-0.4, -0.2) is 76.8 Å². The molecule has 0 radical (unpaired) electrons. The summed E-state index contributed by atoms with van der Waals surface area (Å²) in [6.45, 7) is 5.95. The Morgan fingerprint density at radius 3 is 2.70 bits per heavy atom. The van der Waals surface area contributed by atoms with Gasteiger partial charge in [-0.1, -0.05) is 35.3 Å². The Bertz CT molecular complexity index is 909. The largest absolute Gasteiger partial charge is 0.490 e. The zero-order valence-electron chi connectivity index (χ0n) is 20.2. The van der Waals surface area contributed by atoms with Gasteiger partial charge in [-0.2, -0.15) is 0 Å². The van der Waals surface area contributed by atoms with E-state index < -0.39 is 0 Å². The van der Waals surface area contributed by atoms with Crippen LogP contribution in [0.3, 0.4) is 0 Å². The smallest absolute Gasteiger partial charge is 0.239 e. The molecule has 8 nitrogen and oxygen atoms in total. The van der Waals surface area contributed by atoms with E-state index in [9.17, 15) is 4.79 Å². The minimum atomic E-state index is 0.0513. The molecule has 2 aliphatic rings. The molecule has 0 N–H and O–H groups in total. The number of rotatable bonds is 7. The average Bonchev–Trinajstić information content (AvgIpc) is 3.07. The molecule has 2 saturated heterocycles. The summed E-state index contributed by atoms with van der Waals surface area (Å²) in [6, 6.07) is 8.34. The molecule has 0 saturated carbocycles. The Morgan fingerprint density at radius 2 is 1.94 bits per heavy atom. The highest BCUT2D eigenvalue weighted by Gasteiger charge is 2.31. The van der Waals surface area contributed by atoms with Gasteiger partial charge in [0.05, 0.1) is 6.04 Å². The molecular weight excluding hydrogens is 418 g/mol. The second-order valence-corrected chi connectivity index (χ2v) is 9.60. The lowest BCUT2D eigenvalue weighted by Crippen LogP contribution is -2.50. The van der Waals surface area contributed by atoms with Crippen LogP contribution < -0.4 is 4.74 Å². The summed E-state index contributed by atoms with van der Waals surface area (Å²) in [7, 11) is 4.15. The van der Waals surface area contributed by atoms with E-state index in [1.54, 1.807) is 0 Å². The number of carbonyl (C=O) groups is 1. The molecule has 2 fully saturated rings. The average molecular weight is 456 g/mol. The normalized spacial score (nSPS) is 20.7. The molecule has 4 rings (SSSR count). The number of nitrogens with zero attached hydrogens (tertiary/aromatic N) is 5. The fourth-order valence-electron chi connectivity index (χ4n) is 4.89. The minimum absolute atomic E-state index is 0.0513. The van der Waals surface area contributed by atoms with E-state index in [-0.39, 0.29) is 12.1 Å². The predicted molar refractivity (Wildman–Crippen MR) is 126 cm³/mol. The van der Waals surface area contributed by atoms with Gasteiger partial charge in [-0.3, -0.25) is 14.6 Å². The first kappa shape index (κ1) is 23.7. The van der Waals surface area contributed by atoms with Gasteiger partial charge in [-0.15, -0.1) is 0 Å². The van der Waals surface area contributed by atoms with Gasteiger partial charge < -0.3 is 9.64 Å². The van der Waals surface area contributed by atoms with Crippen LogP contribution >= 0.6 is 0 Å². The second kappa shape index (κ2) is 11.1. The Labute approximate surface area is 196 Å². The molecule has 1 atom stereocenters. The van der Waals surface area contributed by atoms with Crippen LogP contribution in [0.5, 0.6) is 5.75 Å². The van der Waals surface area contributed by atoms with Crippen molar-refractivity contribution >= 4 is 5.91 Å². The van der Waals surface area contributed by atoms with Crippen LogP contribution in [0, 0.1) is 6.92 Å². The fourth-order valence-corrected chi connectivity index (χ4v) is 4.89. The standard InChI is InChI=1S/C25H37N5O3/c1-19-23(27-33-26-19)18-28(2)17-20-8-7-9-22(16-20)32-21-11-14-30(15-12-21)25(31)24-10-5-4-6-13-29(24)3/h7-9,16,21,24H,4-6,10-15,17-18H2,1-3H3. The molecule has 1 amide bonds. The van der Waals surface area contributed by atoms with Gasteiger partial charge >= 0.3 is 0 Å². The first-order valence-electron chi connectivity index (χ1n) is 12.2. The zero-order valence-corrected chi connectivity index (χ0v) is 20.2. The van der Waals surface area contributed by atoms with Crippen molar-refractivity contribution < 1.29 is 14.2 Å². The van der Waals surface area contributed by atoms with Crippen molar-refractivity contribution in [3.05, 3.63) is 41.2 Å². The number of aromatic nitrogens is 2. The van der Waals surface area contributed by atoms with Crippen LogP contribution in [0.4, 0.5) is 0 Å². The zero-order chi connectivity index (χ0) is 23.2. The summed E-state index contributed by atoms with van der Waals surface area (Å²) in [5, 5.41) is 7.81. The number of piperidine rings is 1. The maximum absolute atomic E-state index is 13.1. The Hall–Kier alpha value is -2.45. The molecule has 1 aromatic carbocycles. The number of likely N-dealkylation sites (N-methyl/N-ethyl adjacent to an activating group) is 1. The Morgan fingerprint density at radius 1 is 1.12 bits per heavy atom. The molecule has 8 heteroatoms. The number of hydrogen-bond donors (Lipinski definition) is 0. The highest BCUT2D eigenvalue weighted by molar-refractivity contribution is 5.82. The van der Waals surface area contributed by atoms with Gasteiger partial charge in [0.2, 0.25) is 5.91 Å². The van der Waals surface area contributed by atoms with Crippen LogP contribution in [0.25, 0.3) is 0 Å². The molecule has 2 aliphatic heterocycles. The topological polar surface area (TPSA) is 74.9 Å². The van der Waals surface area contributed by atoms with Crippen molar-refractivity contribution in [2.75, 3.05) is 33.7 Å². The quantitative estimate of drug-likeness (QED) is 0.634. The number of aryl methyl sites for hydroxylation is 1. The van der Waals surface area contributed by atoms with Crippen LogP contribution in [0.15, 0.2) is 28.9 Å². The Balaban J connectivity index is 1.26. The minimum Gasteiger partial charge on any atom is -0.490 e. The molecule has 1 unspecified atom stereocenters. The maximum atomic E-state index is 13.1. The lowest BCUT2D eigenvalue weighted by atomic mass is 10.0. The second-order valence-electron chi connectivity index (χ2n) is 9.60. The van der Waals surface area contributed by atoms with Gasteiger partial charge in [0.15, 0.2) is 0 Å². The third-order valence-electron chi connectivity index (χ3n) is 6.88. The van der Waals surface area contributed by atoms with Crippen molar-refractivity contribution in [2.45, 2.75) is 70.7 Å². The molecule has 3 heterocycles. The molecule has 33 heavy (non-hydrogen) atoms. The molecule has 1 aromatic heterocycles. The van der Waals surface area contributed by atoms with Crippen molar-refractivity contribution in [1.29, 1.82) is 0 Å². The monoisotopic (exact) mass is 455 g/mol. The van der Waals surface area contributed by atoms with Gasteiger partial charge in [0.25, 0.3) is 0 Å². The van der Waals surface area contributed by atoms with E-state index in [1.165, 1.54) is 18.4 Å². The van der Waals surface area contributed by atoms with Gasteiger partial charge in [0, 0.05) is 39.0 Å². The van der Waals surface area contributed by atoms with Crippen LogP contribution in [-0.2, 0) is 17.9 Å². The summed E-state index contributed by atoms with van der Waals surface area (Å²) in [6.07, 6.45) is 6.48. The molecule has 2 aromatic rings. The van der Waals surface area contributed by atoms with Crippen LogP contribution in [0.2, 0.25) is 0 Å². The number of carbonyl (C=O) groups excluding carboxylic acids is 1. The van der Waals surface area contributed by atoms with Crippen molar-refractivity contribution in [2.24, 2.45) is 0 Å². The highest BCUT2D eigenvalue weighted by Crippen LogP contribution is 2.23. The molecule has 0 bridgehead atoms. The van der Waals surface area contributed by atoms with E-state index in [4.69, 9.17) is 9.37 Å². The van der Waals surface area contributed by atoms with E-state index in [0.717, 1.165) is 69.0 Å². The lowest BCUT2D eigenvalue weighted by Gasteiger charge is -2.36. The summed E-state index contributed by atoms with van der Waals surface area (Å²) in [5.41, 5.74) is 2.88. The third-order valence-corrected chi connectivity index (χ3v) is 6.88. The van der Waals surface area contributed by atoms with Crippen molar-refractivity contribution in [3.63, 3.8) is 0 Å². The predicted octanol–water partition coefficient (Wildman–Crippen LogP) is 3.25. The summed E-state index contributed by atoms with van der Waals surface area (Å²) in [4.78, 5) is 19.6. The van der Waals surface area contributed by atoms with Gasteiger partial charge in [0.1, 0.15) is 23.2 Å². The lowest BCUT2D eigenvalue weighted by molar-refractivity contribution is -0.138.